The summed E-state index contributed by atoms with van der Waals surface area (Å²) in [6.07, 6.45) is 6.85. The summed E-state index contributed by atoms with van der Waals surface area (Å²) < 4.78 is 96.8. The maximum atomic E-state index is 14.1. The topological polar surface area (TPSA) is 324 Å². The summed E-state index contributed by atoms with van der Waals surface area (Å²) in [5, 5.41) is 11.4. The van der Waals surface area contributed by atoms with Crippen molar-refractivity contribution in [2.24, 2.45) is 0 Å². The van der Waals surface area contributed by atoms with Crippen molar-refractivity contribution in [2.75, 3.05) is 44.2 Å². The van der Waals surface area contributed by atoms with E-state index in [1.807, 2.05) is 206 Å². The van der Waals surface area contributed by atoms with Crippen LogP contribution in [0.2, 0.25) is 0 Å². The Morgan fingerprint density at radius 2 is 0.570 bits per heavy atom. The fourth-order valence-electron chi connectivity index (χ4n) is 16.7. The molecule has 0 bridgehead atoms. The van der Waals surface area contributed by atoms with E-state index in [0.717, 1.165) is 166 Å². The molecule has 0 radical (unpaired) electrons. The molecule has 16 aromatic rings. The number of anilines is 8. The number of aryl methyl sites for hydroxylation is 8. The average Bonchev–Trinajstić information content (AvgIpc) is 0.771. The molecule has 4 aromatic heterocycles. The zero-order chi connectivity index (χ0) is 93.9. The summed E-state index contributed by atoms with van der Waals surface area (Å²) >= 11 is 2.26. The number of hydrogen-bond donors (Lipinski definition) is 8. The third-order valence-electron chi connectivity index (χ3n) is 23.4. The predicted molar refractivity (Wildman–Crippen MR) is 517 cm³/mol. The van der Waals surface area contributed by atoms with E-state index < -0.39 is 58.6 Å². The maximum absolute atomic E-state index is 14.1. The van der Waals surface area contributed by atoms with Gasteiger partial charge in [-0.3, -0.25) is 19.2 Å². The number of amides is 4. The SMILES string of the molecule is Nc1ccc2c(c1)CCc1nc(NC(=O)Cc3c(F)c(F)c(F)c(F)c3F)c(Cc3ccccc3)nc1-2.Nc1ccc2c(c1)CCc1nc(NC(=O)Cc3ccc(F)c(F)c3)c(Cc3ccccc3)nc1-2.Nc1ccc2c(c1)CCc1nc(NC(=O)Cc3ccc(I)cc3)c(Cc3ccccc3)nc1-2.Nc1ccc2c(c1)CCc1nc(NC(=O)c3ccccc3)c(Cc3ccccc3)nc1-2. The fourth-order valence-corrected chi connectivity index (χ4v) is 17.1. The van der Waals surface area contributed by atoms with Gasteiger partial charge in [-0.05, 0) is 215 Å². The summed E-state index contributed by atoms with van der Waals surface area (Å²) in [6.45, 7) is 0. The molecule has 4 aliphatic carbocycles. The van der Waals surface area contributed by atoms with E-state index in [2.05, 4.69) is 73.1 Å². The first-order valence-corrected chi connectivity index (χ1v) is 44.7. The van der Waals surface area contributed by atoms with Gasteiger partial charge in [-0.25, -0.2) is 70.6 Å². The van der Waals surface area contributed by atoms with Gasteiger partial charge in [-0.2, -0.15) is 0 Å². The molecule has 0 saturated carbocycles. The lowest BCUT2D eigenvalue weighted by Gasteiger charge is -2.21. The predicted octanol–water partition coefficient (Wildman–Crippen LogP) is 20.0. The number of carbonyl (C=O) groups is 4. The smallest absolute Gasteiger partial charge is 0.256 e. The van der Waals surface area contributed by atoms with Crippen LogP contribution in [-0.2, 0) is 111 Å². The second-order valence-corrected chi connectivity index (χ2v) is 34.2. The largest absolute Gasteiger partial charge is 0.399 e. The number of nitrogen functional groups attached to an aromatic ring is 4. The van der Waals surface area contributed by atoms with Crippen LogP contribution >= 0.6 is 22.6 Å². The first kappa shape index (κ1) is 91.2. The van der Waals surface area contributed by atoms with Crippen molar-refractivity contribution < 1.29 is 49.9 Å². The lowest BCUT2D eigenvalue weighted by molar-refractivity contribution is -0.116. The lowest BCUT2D eigenvalue weighted by atomic mass is 9.91. The standard InChI is InChI=1S/C27H19F5N4O.C27H22F2N4O.C27H23IN4O.C26H22N4O/c28-21-17(22(29)24(31)25(32)23(21)30)12-20(37)36-27-19(10-13-4-2-1-3-5-13)34-26-16-8-7-15(33)11-14(16)6-9-18(26)35-27;28-21-10-6-17(12-22(21)29)14-25(34)33-27-24(13-16-4-2-1-3-5-16)31-26-20-9-8-19(30)15-18(20)7-11-23(26)32-27;28-20-9-6-18(7-10-20)15-25(33)32-27-24(14-17-4-2-1-3-5-17)30-26-22-12-11-21(29)16-19(22)8-13-23(26)31-27;27-20-12-13-21-19(16-20)11-14-22-24(21)28-23(15-17-7-3-1-4-8-17)25(29-22)30-26(31)18-9-5-2-6-10-18/h1-5,7-8,11H,6,9-10,12,33H2,(H,35,36,37);1-6,8-10,12,15H,7,11,13-14,30H2,(H,32,33,34);1-7,9-12,16H,8,13-15,29H2,(H,31,32,33);1-10,12-13,16H,11,14-15,27H2,(H,29,30,31). The third kappa shape index (κ3) is 21.7. The minimum Gasteiger partial charge on any atom is -0.399 e. The number of nitrogens with zero attached hydrogens (tertiary/aromatic N) is 8. The molecule has 4 amide bonds. The van der Waals surface area contributed by atoms with Crippen molar-refractivity contribution in [1.82, 2.24) is 39.9 Å². The Morgan fingerprint density at radius 1 is 0.281 bits per heavy atom. The van der Waals surface area contributed by atoms with Crippen molar-refractivity contribution in [1.29, 1.82) is 0 Å². The van der Waals surface area contributed by atoms with E-state index in [9.17, 15) is 49.9 Å². The van der Waals surface area contributed by atoms with Crippen LogP contribution in [0.15, 0.2) is 267 Å². The van der Waals surface area contributed by atoms with Crippen LogP contribution in [0.4, 0.5) is 76.8 Å². The number of aromatic nitrogens is 8. The van der Waals surface area contributed by atoms with Crippen LogP contribution in [0.3, 0.4) is 0 Å². The van der Waals surface area contributed by atoms with E-state index in [-0.39, 0.29) is 36.4 Å². The third-order valence-corrected chi connectivity index (χ3v) is 24.1. The minimum absolute atomic E-state index is 0.0513. The highest BCUT2D eigenvalue weighted by molar-refractivity contribution is 14.1. The quantitative estimate of drug-likeness (QED) is 0.0123. The molecule has 0 saturated heterocycles. The molecular weight excluding hydrogens is 1830 g/mol. The monoisotopic (exact) mass is 1920 g/mol. The molecule has 20 rings (SSSR count). The van der Waals surface area contributed by atoms with E-state index in [1.54, 1.807) is 18.2 Å². The molecule has 135 heavy (non-hydrogen) atoms. The Balaban J connectivity index is 0.000000125. The lowest BCUT2D eigenvalue weighted by Crippen LogP contribution is -2.21. The number of halogens is 8. The highest BCUT2D eigenvalue weighted by atomic mass is 127. The molecule has 4 aliphatic rings. The van der Waals surface area contributed by atoms with E-state index in [1.165, 1.54) is 17.2 Å². The number of nitrogens with two attached hydrogens (primary N) is 4. The second kappa shape index (κ2) is 41.0. The van der Waals surface area contributed by atoms with Gasteiger partial charge in [0.05, 0.1) is 87.6 Å². The molecule has 20 nitrogen and oxygen atoms in total. The summed E-state index contributed by atoms with van der Waals surface area (Å²) in [4.78, 5) is 90.1. The Hall–Kier alpha value is -15.7. The van der Waals surface area contributed by atoms with Gasteiger partial charge < -0.3 is 44.2 Å². The molecule has 12 N–H and O–H groups in total. The highest BCUT2D eigenvalue weighted by Crippen LogP contribution is 2.41. The number of fused-ring (bicyclic) bond motifs is 12. The van der Waals surface area contributed by atoms with Gasteiger partial charge in [0.2, 0.25) is 23.5 Å². The van der Waals surface area contributed by atoms with Crippen LogP contribution in [0.25, 0.3) is 45.0 Å². The van der Waals surface area contributed by atoms with Crippen LogP contribution < -0.4 is 44.2 Å². The molecule has 0 spiro atoms. The highest BCUT2D eigenvalue weighted by Gasteiger charge is 2.32. The number of benzene rings is 12. The average molecular weight is 1920 g/mol. The van der Waals surface area contributed by atoms with Gasteiger partial charge in [-0.15, -0.1) is 0 Å². The van der Waals surface area contributed by atoms with E-state index in [0.29, 0.717) is 108 Å². The summed E-state index contributed by atoms with van der Waals surface area (Å²) in [5.41, 5.74) is 49.0. The van der Waals surface area contributed by atoms with Gasteiger partial charge in [0.1, 0.15) is 0 Å². The van der Waals surface area contributed by atoms with Gasteiger partial charge in [0, 0.05) is 85.4 Å². The number of hydrogen-bond acceptors (Lipinski definition) is 16. The van der Waals surface area contributed by atoms with Crippen LogP contribution in [-0.4, -0.2) is 63.5 Å². The zero-order valence-corrected chi connectivity index (χ0v) is 74.7. The Kier molecular flexibility index (Phi) is 27.7. The maximum Gasteiger partial charge on any atom is 0.256 e. The Morgan fingerprint density at radius 3 is 0.896 bits per heavy atom. The van der Waals surface area contributed by atoms with Gasteiger partial charge in [-0.1, -0.05) is 182 Å². The Labute approximate surface area is 786 Å². The molecule has 4 heterocycles. The van der Waals surface area contributed by atoms with Crippen molar-refractivity contribution >= 4 is 92.2 Å². The number of rotatable bonds is 19. The van der Waals surface area contributed by atoms with E-state index >= 15 is 0 Å². The molecule has 12 aromatic carbocycles. The molecule has 28 heteroatoms. The summed E-state index contributed by atoms with van der Waals surface area (Å²) in [5.74, 6) is -12.7. The second-order valence-electron chi connectivity index (χ2n) is 33.0. The fraction of sp³-hybridized carbons (Fsp3) is 0.140. The van der Waals surface area contributed by atoms with Gasteiger partial charge in [0.25, 0.3) is 5.91 Å². The number of nitrogens with one attached hydrogen (secondary N) is 4. The Bertz CT molecular complexity index is 7190. The van der Waals surface area contributed by atoms with Crippen molar-refractivity contribution in [3.8, 4) is 45.0 Å². The molecule has 674 valence electrons. The van der Waals surface area contributed by atoms with Gasteiger partial charge in [0.15, 0.2) is 58.2 Å². The first-order valence-electron chi connectivity index (χ1n) is 43.7. The number of carbonyl (C=O) groups excluding carboxylic acids is 4. The minimum atomic E-state index is -2.29. The molecule has 0 unspecified atom stereocenters. The zero-order valence-electron chi connectivity index (χ0n) is 72.6. The van der Waals surface area contributed by atoms with Crippen molar-refractivity contribution in [3.05, 3.63) is 424 Å². The molecule has 0 fully saturated rings. The van der Waals surface area contributed by atoms with Gasteiger partial charge >= 0.3 is 0 Å². The summed E-state index contributed by atoms with van der Waals surface area (Å²) in [7, 11) is 0. The summed E-state index contributed by atoms with van der Waals surface area (Å²) in [6, 6.07) is 83.0. The molecule has 0 aliphatic heterocycles. The van der Waals surface area contributed by atoms with E-state index in [4.69, 9.17) is 57.8 Å². The van der Waals surface area contributed by atoms with Crippen LogP contribution in [0, 0.1) is 44.3 Å². The molecule has 0 atom stereocenters. The normalized spacial score (nSPS) is 12.1. The van der Waals surface area contributed by atoms with Crippen LogP contribution in [0.1, 0.15) is 117 Å². The van der Waals surface area contributed by atoms with Crippen LogP contribution in [0.5, 0.6) is 0 Å². The molecular formula is C107H86F7IN16O4. The first-order chi connectivity index (χ1) is 65.4. The van der Waals surface area contributed by atoms with Crippen molar-refractivity contribution in [2.45, 2.75) is 96.3 Å². The van der Waals surface area contributed by atoms with Crippen molar-refractivity contribution in [3.63, 3.8) is 0 Å².